The molecule has 1 aliphatic heterocycles. The number of piperidine rings is 1. The van der Waals surface area contributed by atoms with Crippen LogP contribution in [0.2, 0.25) is 0 Å². The molecule has 1 heterocycles. The van der Waals surface area contributed by atoms with Gasteiger partial charge in [0.2, 0.25) is 0 Å². The van der Waals surface area contributed by atoms with E-state index in [9.17, 15) is 8.42 Å². The molecule has 0 unspecified atom stereocenters. The van der Waals surface area contributed by atoms with E-state index in [4.69, 9.17) is 0 Å². The van der Waals surface area contributed by atoms with Gasteiger partial charge in [-0.15, -0.1) is 0 Å². The van der Waals surface area contributed by atoms with E-state index in [1.54, 1.807) is 30.5 Å². The van der Waals surface area contributed by atoms with Crippen LogP contribution in [0.3, 0.4) is 0 Å². The van der Waals surface area contributed by atoms with Crippen molar-refractivity contribution in [1.29, 1.82) is 0 Å². The van der Waals surface area contributed by atoms with E-state index in [1.165, 1.54) is 0 Å². The van der Waals surface area contributed by atoms with Gasteiger partial charge in [0, 0.05) is 18.7 Å². The second-order valence-electron chi connectivity index (χ2n) is 4.65. The number of aryl methyl sites for hydroxylation is 1. The Bertz CT molecular complexity index is 514. The molecule has 0 aliphatic carbocycles. The van der Waals surface area contributed by atoms with Crippen molar-refractivity contribution in [3.8, 4) is 0 Å². The van der Waals surface area contributed by atoms with Crippen molar-refractivity contribution in [3.05, 3.63) is 29.8 Å². The maximum Gasteiger partial charge on any atom is 0.281 e. The zero-order valence-electron chi connectivity index (χ0n) is 10.5. The number of hydrogen-bond acceptors (Lipinski definition) is 3. The average Bonchev–Trinajstić information content (AvgIpc) is 2.38. The standard InChI is InChI=1S/C13H18N2O2S/c1-11-4-6-13(7-5-11)18(16,17)15-10-12-3-2-8-14-9-12/h4-7,10,12,14H,2-3,8-9H2,1H3/t12-/m1/s1. The van der Waals surface area contributed by atoms with E-state index < -0.39 is 10.0 Å². The molecule has 18 heavy (non-hydrogen) atoms. The Balaban J connectivity index is 2.11. The topological polar surface area (TPSA) is 58.5 Å². The maximum absolute atomic E-state index is 12.0. The van der Waals surface area contributed by atoms with Gasteiger partial charge >= 0.3 is 0 Å². The Morgan fingerprint density at radius 3 is 2.67 bits per heavy atom. The van der Waals surface area contributed by atoms with Crippen molar-refractivity contribution in [1.82, 2.24) is 5.32 Å². The fraction of sp³-hybridized carbons (Fsp3) is 0.462. The molecule has 1 aromatic rings. The van der Waals surface area contributed by atoms with Crippen LogP contribution in [0.4, 0.5) is 0 Å². The lowest BCUT2D eigenvalue weighted by atomic mass is 10.0. The summed E-state index contributed by atoms with van der Waals surface area (Å²) < 4.78 is 27.7. The van der Waals surface area contributed by atoms with Gasteiger partial charge < -0.3 is 5.32 Å². The van der Waals surface area contributed by atoms with Crippen LogP contribution in [0.25, 0.3) is 0 Å². The largest absolute Gasteiger partial charge is 0.316 e. The summed E-state index contributed by atoms with van der Waals surface area (Å²) >= 11 is 0. The fourth-order valence-electron chi connectivity index (χ4n) is 1.94. The molecule has 1 atom stereocenters. The molecule has 0 spiro atoms. The first-order valence-electron chi connectivity index (χ1n) is 6.16. The molecule has 0 amide bonds. The predicted molar refractivity (Wildman–Crippen MR) is 72.5 cm³/mol. The molecule has 2 rings (SSSR count). The van der Waals surface area contributed by atoms with Crippen LogP contribution >= 0.6 is 0 Å². The monoisotopic (exact) mass is 266 g/mol. The van der Waals surface area contributed by atoms with E-state index in [0.717, 1.165) is 31.5 Å². The van der Waals surface area contributed by atoms with E-state index in [1.807, 2.05) is 6.92 Å². The molecule has 1 aromatic carbocycles. The van der Waals surface area contributed by atoms with Crippen molar-refractivity contribution >= 4 is 16.2 Å². The van der Waals surface area contributed by atoms with Crippen LogP contribution in [0.1, 0.15) is 18.4 Å². The lowest BCUT2D eigenvalue weighted by molar-refractivity contribution is 0.463. The summed E-state index contributed by atoms with van der Waals surface area (Å²) in [4.78, 5) is 0.258. The van der Waals surface area contributed by atoms with Crippen molar-refractivity contribution in [2.45, 2.75) is 24.7 Å². The van der Waals surface area contributed by atoms with Gasteiger partial charge in [0.05, 0.1) is 4.90 Å². The third kappa shape index (κ3) is 3.40. The van der Waals surface area contributed by atoms with Gasteiger partial charge in [-0.2, -0.15) is 12.8 Å². The van der Waals surface area contributed by atoms with Gasteiger partial charge in [0.25, 0.3) is 10.0 Å². The summed E-state index contributed by atoms with van der Waals surface area (Å²) in [7, 11) is -3.53. The second kappa shape index (κ2) is 5.63. The zero-order chi connectivity index (χ0) is 13.0. The number of nitrogens with one attached hydrogen (secondary N) is 1. The van der Waals surface area contributed by atoms with Crippen molar-refractivity contribution in [2.24, 2.45) is 10.3 Å². The zero-order valence-corrected chi connectivity index (χ0v) is 11.3. The molecule has 4 nitrogen and oxygen atoms in total. The van der Waals surface area contributed by atoms with Crippen LogP contribution < -0.4 is 5.32 Å². The van der Waals surface area contributed by atoms with Crippen molar-refractivity contribution in [3.63, 3.8) is 0 Å². The molecule has 1 aliphatic rings. The summed E-state index contributed by atoms with van der Waals surface area (Å²) in [6, 6.07) is 6.76. The van der Waals surface area contributed by atoms with Crippen LogP contribution in [0, 0.1) is 12.8 Å². The lowest BCUT2D eigenvalue weighted by Crippen LogP contribution is -2.30. The number of hydrogen-bond donors (Lipinski definition) is 1. The third-order valence-corrected chi connectivity index (χ3v) is 4.33. The minimum Gasteiger partial charge on any atom is -0.316 e. The Morgan fingerprint density at radius 2 is 2.06 bits per heavy atom. The van der Waals surface area contributed by atoms with Gasteiger partial charge in [0.15, 0.2) is 0 Å². The van der Waals surface area contributed by atoms with Gasteiger partial charge in [-0.05, 0) is 38.4 Å². The SMILES string of the molecule is Cc1ccc(S(=O)(=O)N=C[C@@H]2CCCNC2)cc1. The van der Waals surface area contributed by atoms with Crippen LogP contribution in [0.15, 0.2) is 33.6 Å². The molecule has 5 heteroatoms. The number of sulfonamides is 1. The van der Waals surface area contributed by atoms with Gasteiger partial charge in [-0.1, -0.05) is 17.7 Å². The van der Waals surface area contributed by atoms with Gasteiger partial charge in [-0.3, -0.25) is 0 Å². The Kier molecular flexibility index (Phi) is 4.14. The summed E-state index contributed by atoms with van der Waals surface area (Å²) in [5.41, 5.74) is 1.04. The quantitative estimate of drug-likeness (QED) is 0.848. The molecule has 0 aromatic heterocycles. The summed E-state index contributed by atoms with van der Waals surface area (Å²) in [6.07, 6.45) is 3.64. The summed E-state index contributed by atoms with van der Waals surface area (Å²) in [5, 5.41) is 3.23. The molecule has 0 saturated carbocycles. The normalized spacial score (nSPS) is 21.3. The predicted octanol–water partition coefficient (Wildman–Crippen LogP) is 1.75. The molecule has 1 fully saturated rings. The fourth-order valence-corrected chi connectivity index (χ4v) is 2.88. The van der Waals surface area contributed by atoms with Crippen LogP contribution in [-0.2, 0) is 10.0 Å². The smallest absolute Gasteiger partial charge is 0.281 e. The minimum atomic E-state index is -3.53. The molecule has 0 radical (unpaired) electrons. The van der Waals surface area contributed by atoms with Gasteiger partial charge in [-0.25, -0.2) is 0 Å². The Morgan fingerprint density at radius 1 is 1.33 bits per heavy atom. The Labute approximate surface area is 108 Å². The molecule has 1 N–H and O–H groups in total. The molecule has 0 bridgehead atoms. The molecule has 1 saturated heterocycles. The highest BCUT2D eigenvalue weighted by atomic mass is 32.2. The third-order valence-electron chi connectivity index (χ3n) is 3.06. The maximum atomic E-state index is 12.0. The second-order valence-corrected chi connectivity index (χ2v) is 6.28. The molecule has 98 valence electrons. The van der Waals surface area contributed by atoms with E-state index >= 15 is 0 Å². The van der Waals surface area contributed by atoms with E-state index in [0.29, 0.717) is 0 Å². The van der Waals surface area contributed by atoms with E-state index in [2.05, 4.69) is 9.71 Å². The number of rotatable bonds is 3. The highest BCUT2D eigenvalue weighted by Gasteiger charge is 2.14. The number of benzene rings is 1. The summed E-state index contributed by atoms with van der Waals surface area (Å²) in [5.74, 6) is 0.221. The van der Waals surface area contributed by atoms with Crippen molar-refractivity contribution < 1.29 is 8.42 Å². The summed E-state index contributed by atoms with van der Waals surface area (Å²) in [6.45, 7) is 3.75. The van der Waals surface area contributed by atoms with Gasteiger partial charge in [0.1, 0.15) is 0 Å². The van der Waals surface area contributed by atoms with Crippen LogP contribution in [0.5, 0.6) is 0 Å². The van der Waals surface area contributed by atoms with E-state index in [-0.39, 0.29) is 10.8 Å². The first kappa shape index (κ1) is 13.2. The minimum absolute atomic E-state index is 0.221. The average molecular weight is 266 g/mol. The first-order valence-corrected chi connectivity index (χ1v) is 7.60. The molecular formula is C13H18N2O2S. The highest BCUT2D eigenvalue weighted by Crippen LogP contribution is 2.14. The van der Waals surface area contributed by atoms with Crippen molar-refractivity contribution in [2.75, 3.05) is 13.1 Å². The highest BCUT2D eigenvalue weighted by molar-refractivity contribution is 7.90. The molecular weight excluding hydrogens is 248 g/mol. The van der Waals surface area contributed by atoms with Crippen LogP contribution in [-0.4, -0.2) is 27.7 Å². The number of nitrogens with zero attached hydrogens (tertiary/aromatic N) is 1. The first-order chi connectivity index (χ1) is 8.58. The lowest BCUT2D eigenvalue weighted by Gasteiger charge is -2.18. The Hall–Kier alpha value is -1.20.